The number of nitrogens with one attached hydrogen (secondary N) is 1. The summed E-state index contributed by atoms with van der Waals surface area (Å²) < 4.78 is 40.8. The van der Waals surface area contributed by atoms with E-state index in [0.29, 0.717) is 6.54 Å². The minimum absolute atomic E-state index is 0.221. The van der Waals surface area contributed by atoms with Crippen molar-refractivity contribution in [3.8, 4) is 0 Å². The first-order valence-electron chi connectivity index (χ1n) is 10.8. The van der Waals surface area contributed by atoms with Gasteiger partial charge in [-0.1, -0.05) is 30.7 Å². The Morgan fingerprint density at radius 1 is 1.03 bits per heavy atom. The van der Waals surface area contributed by atoms with E-state index in [4.69, 9.17) is 0 Å². The molecule has 2 aromatic carbocycles. The van der Waals surface area contributed by atoms with Gasteiger partial charge in [-0.25, -0.2) is 8.70 Å². The third kappa shape index (κ3) is 6.51. The highest BCUT2D eigenvalue weighted by atomic mass is 32.2. The second-order valence-electron chi connectivity index (χ2n) is 8.21. The molecule has 1 aliphatic rings. The van der Waals surface area contributed by atoms with E-state index in [1.807, 2.05) is 12.1 Å². The number of piperidine rings is 1. The molecule has 0 aromatic heterocycles. The van der Waals surface area contributed by atoms with Gasteiger partial charge in [0.1, 0.15) is 12.4 Å². The highest BCUT2D eigenvalue weighted by Gasteiger charge is 2.27. The van der Waals surface area contributed by atoms with Crippen LogP contribution in [0.25, 0.3) is 0 Å². The molecule has 0 unspecified atom stereocenters. The number of hydrogen-bond acceptors (Lipinski definition) is 4. The topological polar surface area (TPSA) is 73.0 Å². The largest absolute Gasteiger partial charge is 0.350 e. The summed E-state index contributed by atoms with van der Waals surface area (Å²) in [6.45, 7) is 3.01. The zero-order chi connectivity index (χ0) is 23.1. The van der Waals surface area contributed by atoms with Crippen LogP contribution in [0.15, 0.2) is 48.5 Å². The van der Waals surface area contributed by atoms with Crippen LogP contribution in [0.5, 0.6) is 0 Å². The van der Waals surface area contributed by atoms with Crippen LogP contribution in [0, 0.1) is 5.82 Å². The lowest BCUT2D eigenvalue weighted by molar-refractivity contribution is -0.119. The van der Waals surface area contributed by atoms with E-state index in [0.717, 1.165) is 33.8 Å². The van der Waals surface area contributed by atoms with E-state index < -0.39 is 28.5 Å². The molecule has 9 heteroatoms. The lowest BCUT2D eigenvalue weighted by atomic mass is 10.1. The molecule has 1 heterocycles. The van der Waals surface area contributed by atoms with Crippen LogP contribution in [0.4, 0.5) is 10.1 Å². The average Bonchev–Trinajstić information content (AvgIpc) is 2.77. The van der Waals surface area contributed by atoms with Gasteiger partial charge in [0.05, 0.1) is 5.69 Å². The summed E-state index contributed by atoms with van der Waals surface area (Å²) in [7, 11) is -1.16. The predicted octanol–water partition coefficient (Wildman–Crippen LogP) is 2.74. The van der Waals surface area contributed by atoms with E-state index in [9.17, 15) is 17.6 Å². The smallest absolute Gasteiger partial charge is 0.304 e. The third-order valence-electron chi connectivity index (χ3n) is 5.48. The summed E-state index contributed by atoms with van der Waals surface area (Å²) >= 11 is 0. The quantitative estimate of drug-likeness (QED) is 0.622. The van der Waals surface area contributed by atoms with Gasteiger partial charge in [0.15, 0.2) is 0 Å². The molecule has 3 rings (SSSR count). The molecule has 1 amide bonds. The molecule has 1 aliphatic heterocycles. The number of rotatable bonds is 9. The Morgan fingerprint density at radius 2 is 1.69 bits per heavy atom. The fraction of sp³-hybridized carbons (Fsp3) is 0.435. The minimum Gasteiger partial charge on any atom is -0.350 e. The third-order valence-corrected chi connectivity index (χ3v) is 7.30. The fourth-order valence-electron chi connectivity index (χ4n) is 3.71. The number of benzene rings is 2. The van der Waals surface area contributed by atoms with E-state index in [2.05, 4.69) is 22.3 Å². The molecule has 7 nitrogen and oxygen atoms in total. The zero-order valence-electron chi connectivity index (χ0n) is 18.6. The number of halogens is 1. The number of amides is 1. The Hall–Kier alpha value is -2.49. The van der Waals surface area contributed by atoms with Gasteiger partial charge in [-0.3, -0.25) is 9.69 Å². The normalized spacial score (nSPS) is 15.0. The van der Waals surface area contributed by atoms with Crippen LogP contribution in [0.2, 0.25) is 0 Å². The van der Waals surface area contributed by atoms with Crippen LogP contribution in [-0.2, 0) is 28.1 Å². The maximum Gasteiger partial charge on any atom is 0.304 e. The van der Waals surface area contributed by atoms with Gasteiger partial charge in [0.25, 0.3) is 0 Å². The van der Waals surface area contributed by atoms with Gasteiger partial charge >= 0.3 is 10.2 Å². The number of carbonyl (C=O) groups is 1. The minimum atomic E-state index is -3.93. The zero-order valence-corrected chi connectivity index (χ0v) is 19.4. The Bertz CT molecular complexity index is 1010. The Balaban J connectivity index is 1.64. The van der Waals surface area contributed by atoms with Crippen molar-refractivity contribution < 1.29 is 17.6 Å². The van der Waals surface area contributed by atoms with Crippen molar-refractivity contribution in [2.24, 2.45) is 0 Å². The van der Waals surface area contributed by atoms with Gasteiger partial charge in [-0.15, -0.1) is 0 Å². The number of carbonyl (C=O) groups excluding carboxylic acids is 1. The Labute approximate surface area is 190 Å². The Kier molecular flexibility index (Phi) is 8.22. The number of likely N-dealkylation sites (tertiary alicyclic amines) is 1. The molecule has 0 spiro atoms. The molecular formula is C23H31FN4O3S. The first-order valence-corrected chi connectivity index (χ1v) is 12.2. The van der Waals surface area contributed by atoms with Crippen molar-refractivity contribution in [1.82, 2.24) is 14.5 Å². The molecule has 0 atom stereocenters. The summed E-state index contributed by atoms with van der Waals surface area (Å²) in [4.78, 5) is 15.1. The summed E-state index contributed by atoms with van der Waals surface area (Å²) in [6, 6.07) is 13.1. The maximum atomic E-state index is 13.3. The maximum absolute atomic E-state index is 13.3. The molecule has 1 N–H and O–H groups in total. The molecule has 0 aliphatic carbocycles. The molecular weight excluding hydrogens is 431 g/mol. The van der Waals surface area contributed by atoms with Gasteiger partial charge in [-0.2, -0.15) is 12.7 Å². The van der Waals surface area contributed by atoms with Gasteiger partial charge < -0.3 is 5.32 Å². The SMILES string of the molecule is CN(C)S(=O)(=O)N(CC(=O)NCc1cccc(CN2CCCCC2)c1)c1ccc(F)cc1. The molecule has 1 saturated heterocycles. The average molecular weight is 463 g/mol. The fourth-order valence-corrected chi connectivity index (χ4v) is 4.77. The van der Waals surface area contributed by atoms with Gasteiger partial charge in [-0.05, 0) is 61.3 Å². The summed E-state index contributed by atoms with van der Waals surface area (Å²) in [5.41, 5.74) is 2.37. The van der Waals surface area contributed by atoms with Crippen molar-refractivity contribution in [2.75, 3.05) is 38.0 Å². The number of anilines is 1. The molecule has 174 valence electrons. The van der Waals surface area contributed by atoms with Crippen molar-refractivity contribution in [1.29, 1.82) is 0 Å². The van der Waals surface area contributed by atoms with Crippen LogP contribution in [-0.4, -0.2) is 57.3 Å². The molecule has 1 fully saturated rings. The molecule has 32 heavy (non-hydrogen) atoms. The molecule has 0 saturated carbocycles. The summed E-state index contributed by atoms with van der Waals surface area (Å²) in [5, 5.41) is 2.80. The lowest BCUT2D eigenvalue weighted by Crippen LogP contribution is -2.45. The number of nitrogens with zero attached hydrogens (tertiary/aromatic N) is 3. The van der Waals surface area contributed by atoms with Crippen molar-refractivity contribution in [3.05, 3.63) is 65.5 Å². The second-order valence-corrected chi connectivity index (χ2v) is 10.3. The van der Waals surface area contributed by atoms with Gasteiger partial charge in [0.2, 0.25) is 5.91 Å². The van der Waals surface area contributed by atoms with Crippen molar-refractivity contribution >= 4 is 21.8 Å². The highest BCUT2D eigenvalue weighted by Crippen LogP contribution is 2.20. The van der Waals surface area contributed by atoms with Crippen molar-refractivity contribution in [3.63, 3.8) is 0 Å². The van der Waals surface area contributed by atoms with E-state index in [1.165, 1.54) is 63.2 Å². The first kappa shape index (κ1) is 24.2. The van der Waals surface area contributed by atoms with E-state index in [1.54, 1.807) is 0 Å². The van der Waals surface area contributed by atoms with Gasteiger partial charge in [0, 0.05) is 27.2 Å². The molecule has 0 bridgehead atoms. The first-order chi connectivity index (χ1) is 15.3. The standard InChI is InChI=1S/C23H31FN4O3S/c1-26(2)32(30,31)28(22-11-9-21(24)10-12-22)18-23(29)25-16-19-7-6-8-20(15-19)17-27-13-4-3-5-14-27/h6-12,15H,3-5,13-14,16-18H2,1-2H3,(H,25,29). The lowest BCUT2D eigenvalue weighted by Gasteiger charge is -2.27. The van der Waals surface area contributed by atoms with E-state index >= 15 is 0 Å². The molecule has 0 radical (unpaired) electrons. The molecule has 2 aromatic rings. The Morgan fingerprint density at radius 3 is 2.34 bits per heavy atom. The number of hydrogen-bond donors (Lipinski definition) is 1. The van der Waals surface area contributed by atoms with E-state index in [-0.39, 0.29) is 5.69 Å². The van der Waals surface area contributed by atoms with Crippen LogP contribution < -0.4 is 9.62 Å². The predicted molar refractivity (Wildman–Crippen MR) is 124 cm³/mol. The van der Waals surface area contributed by atoms with Crippen LogP contribution in [0.1, 0.15) is 30.4 Å². The van der Waals surface area contributed by atoms with Crippen molar-refractivity contribution in [2.45, 2.75) is 32.4 Å². The highest BCUT2D eigenvalue weighted by molar-refractivity contribution is 7.90. The second kappa shape index (κ2) is 10.9. The van der Waals surface area contributed by atoms with Crippen LogP contribution >= 0.6 is 0 Å². The monoisotopic (exact) mass is 462 g/mol. The summed E-state index contributed by atoms with van der Waals surface area (Å²) in [5.74, 6) is -0.925. The van der Waals surface area contributed by atoms with Crippen LogP contribution in [0.3, 0.4) is 0 Å². The summed E-state index contributed by atoms with van der Waals surface area (Å²) in [6.07, 6.45) is 3.76.